The summed E-state index contributed by atoms with van der Waals surface area (Å²) in [7, 11) is 3.14. The number of aromatic nitrogens is 2. The van der Waals surface area contributed by atoms with E-state index in [-0.39, 0.29) is 0 Å². The molecule has 0 saturated carbocycles. The van der Waals surface area contributed by atoms with Gasteiger partial charge in [-0.25, -0.2) is 14.8 Å². The second-order valence-electron chi connectivity index (χ2n) is 9.34. The highest BCUT2D eigenvalue weighted by Gasteiger charge is 2.23. The minimum Gasteiger partial charge on any atom is -0.493 e. The molecule has 0 spiro atoms. The Hall–Kier alpha value is -4.80. The van der Waals surface area contributed by atoms with E-state index in [0.29, 0.717) is 27.9 Å². The first-order chi connectivity index (χ1) is 20.4. The molecule has 2 heterocycles. The van der Waals surface area contributed by atoms with E-state index in [2.05, 4.69) is 10.3 Å². The molecular formula is C32H25N3O5S2. The van der Waals surface area contributed by atoms with Crippen molar-refractivity contribution in [1.82, 2.24) is 9.97 Å². The Balaban J connectivity index is 1.21. The topological polar surface area (TPSA) is 99.6 Å². The van der Waals surface area contributed by atoms with Crippen LogP contribution in [0.4, 0.5) is 5.13 Å². The Morgan fingerprint density at radius 3 is 2.45 bits per heavy atom. The lowest BCUT2D eigenvalue weighted by molar-refractivity contribution is -0.123. The lowest BCUT2D eigenvalue weighted by Crippen LogP contribution is -2.30. The molecule has 1 N–H and O–H groups in total. The van der Waals surface area contributed by atoms with Crippen LogP contribution in [0.1, 0.15) is 17.3 Å². The number of carbonyl (C=O) groups excluding carboxylic acids is 2. The molecular weight excluding hydrogens is 571 g/mol. The summed E-state index contributed by atoms with van der Waals surface area (Å²) in [5, 5.41) is 7.39. The fraction of sp³-hybridized carbons (Fsp3) is 0.125. The molecule has 1 unspecified atom stereocenters. The smallest absolute Gasteiger partial charge is 0.339 e. The van der Waals surface area contributed by atoms with E-state index in [1.165, 1.54) is 18.3 Å². The molecule has 0 aliphatic heterocycles. The third-order valence-corrected chi connectivity index (χ3v) is 8.54. The number of hydrogen-bond acceptors (Lipinski definition) is 9. The zero-order valence-corrected chi connectivity index (χ0v) is 24.5. The van der Waals surface area contributed by atoms with Crippen molar-refractivity contribution in [3.8, 4) is 33.3 Å². The van der Waals surface area contributed by atoms with Gasteiger partial charge in [0.2, 0.25) is 0 Å². The molecule has 0 saturated heterocycles. The van der Waals surface area contributed by atoms with Crippen LogP contribution >= 0.6 is 22.7 Å². The average molecular weight is 596 g/mol. The second kappa shape index (κ2) is 11.6. The number of para-hydroxylation sites is 1. The summed E-state index contributed by atoms with van der Waals surface area (Å²) in [6.07, 6.45) is -1.06. The van der Waals surface area contributed by atoms with Crippen molar-refractivity contribution >= 4 is 60.7 Å². The van der Waals surface area contributed by atoms with Gasteiger partial charge in [0.05, 0.1) is 35.7 Å². The molecule has 6 aromatic rings. The highest BCUT2D eigenvalue weighted by molar-refractivity contribution is 7.21. The number of fused-ring (bicyclic) bond motifs is 2. The first-order valence-corrected chi connectivity index (χ1v) is 14.7. The standard InChI is InChI=1S/C32H25N3O5S2/c1-18(29(36)35-32-34-24(17-41-32)20-14-15-25(38-2)26(16-20)39-3)40-31(37)22-11-7-9-19-8-6-10-21(28(19)22)30-33-23-12-4-5-13-27(23)42-30/h4-18H,1-3H3,(H,34,35,36). The summed E-state index contributed by atoms with van der Waals surface area (Å²) < 4.78 is 17.4. The van der Waals surface area contributed by atoms with E-state index in [1.54, 1.807) is 43.8 Å². The van der Waals surface area contributed by atoms with Gasteiger partial charge in [-0.2, -0.15) is 0 Å². The second-order valence-corrected chi connectivity index (χ2v) is 11.2. The van der Waals surface area contributed by atoms with Gasteiger partial charge >= 0.3 is 5.97 Å². The van der Waals surface area contributed by atoms with Crippen LogP contribution in [-0.2, 0) is 9.53 Å². The van der Waals surface area contributed by atoms with Crippen LogP contribution in [0, 0.1) is 0 Å². The summed E-state index contributed by atoms with van der Waals surface area (Å²) in [4.78, 5) is 35.7. The van der Waals surface area contributed by atoms with Crippen LogP contribution in [0.5, 0.6) is 11.5 Å². The van der Waals surface area contributed by atoms with Crippen LogP contribution in [0.2, 0.25) is 0 Å². The number of thiazole rings is 2. The summed E-state index contributed by atoms with van der Waals surface area (Å²) >= 11 is 2.83. The number of ether oxygens (including phenoxy) is 3. The fourth-order valence-electron chi connectivity index (χ4n) is 4.62. The maximum absolute atomic E-state index is 13.4. The molecule has 8 nitrogen and oxygen atoms in total. The van der Waals surface area contributed by atoms with Crippen molar-refractivity contribution in [2.75, 3.05) is 19.5 Å². The van der Waals surface area contributed by atoms with Gasteiger partial charge in [0.15, 0.2) is 22.7 Å². The molecule has 210 valence electrons. The summed E-state index contributed by atoms with van der Waals surface area (Å²) in [6, 6.07) is 24.7. The van der Waals surface area contributed by atoms with E-state index < -0.39 is 18.0 Å². The first-order valence-electron chi connectivity index (χ1n) is 13.0. The Morgan fingerprint density at radius 1 is 0.881 bits per heavy atom. The van der Waals surface area contributed by atoms with Crippen LogP contribution < -0.4 is 14.8 Å². The number of anilines is 1. The molecule has 0 radical (unpaired) electrons. The van der Waals surface area contributed by atoms with E-state index in [9.17, 15) is 9.59 Å². The Labute approximate surface area is 249 Å². The van der Waals surface area contributed by atoms with Crippen LogP contribution in [0.25, 0.3) is 42.8 Å². The number of nitrogens with zero attached hydrogens (tertiary/aromatic N) is 2. The quantitative estimate of drug-likeness (QED) is 0.183. The van der Waals surface area contributed by atoms with E-state index >= 15 is 0 Å². The van der Waals surface area contributed by atoms with Gasteiger partial charge in [0.25, 0.3) is 5.91 Å². The molecule has 42 heavy (non-hydrogen) atoms. The van der Waals surface area contributed by atoms with Crippen molar-refractivity contribution in [2.24, 2.45) is 0 Å². The van der Waals surface area contributed by atoms with Gasteiger partial charge in [-0.15, -0.1) is 22.7 Å². The van der Waals surface area contributed by atoms with Crippen LogP contribution in [0.15, 0.2) is 84.2 Å². The maximum atomic E-state index is 13.4. The van der Waals surface area contributed by atoms with Gasteiger partial charge in [0, 0.05) is 21.9 Å². The number of amides is 1. The predicted molar refractivity (Wildman–Crippen MR) is 167 cm³/mol. The maximum Gasteiger partial charge on any atom is 0.339 e. The molecule has 2 aromatic heterocycles. The van der Waals surface area contributed by atoms with Gasteiger partial charge in [-0.3, -0.25) is 10.1 Å². The van der Waals surface area contributed by atoms with Gasteiger partial charge in [0.1, 0.15) is 5.01 Å². The zero-order chi connectivity index (χ0) is 29.2. The molecule has 0 bridgehead atoms. The monoisotopic (exact) mass is 595 g/mol. The fourth-order valence-corrected chi connectivity index (χ4v) is 6.34. The van der Waals surface area contributed by atoms with Gasteiger partial charge < -0.3 is 14.2 Å². The molecule has 6 rings (SSSR count). The lowest BCUT2D eigenvalue weighted by atomic mass is 9.99. The normalized spacial score (nSPS) is 11.8. The minimum atomic E-state index is -1.06. The van der Waals surface area contributed by atoms with Gasteiger partial charge in [-0.1, -0.05) is 42.5 Å². The number of hydrogen-bond donors (Lipinski definition) is 1. The first kappa shape index (κ1) is 27.4. The highest BCUT2D eigenvalue weighted by Crippen LogP contribution is 2.37. The summed E-state index contributed by atoms with van der Waals surface area (Å²) in [6.45, 7) is 1.54. The van der Waals surface area contributed by atoms with E-state index in [4.69, 9.17) is 19.2 Å². The van der Waals surface area contributed by atoms with Crippen molar-refractivity contribution in [3.05, 3.63) is 89.8 Å². The number of methoxy groups -OCH3 is 2. The largest absolute Gasteiger partial charge is 0.493 e. The molecule has 0 fully saturated rings. The zero-order valence-electron chi connectivity index (χ0n) is 22.9. The summed E-state index contributed by atoms with van der Waals surface area (Å²) in [5.74, 6) is 0.109. The van der Waals surface area contributed by atoms with Crippen molar-refractivity contribution < 1.29 is 23.8 Å². The Kier molecular flexibility index (Phi) is 7.56. The number of nitrogens with one attached hydrogen (secondary N) is 1. The Morgan fingerprint density at radius 2 is 1.67 bits per heavy atom. The van der Waals surface area contributed by atoms with Crippen LogP contribution in [-0.4, -0.2) is 42.2 Å². The molecule has 4 aromatic carbocycles. The lowest BCUT2D eigenvalue weighted by Gasteiger charge is -2.14. The predicted octanol–water partition coefficient (Wildman–Crippen LogP) is 7.44. The van der Waals surface area contributed by atoms with Crippen molar-refractivity contribution in [2.45, 2.75) is 13.0 Å². The van der Waals surface area contributed by atoms with Crippen molar-refractivity contribution in [1.29, 1.82) is 0 Å². The van der Waals surface area contributed by atoms with Gasteiger partial charge in [-0.05, 0) is 48.7 Å². The third-order valence-electron chi connectivity index (χ3n) is 6.72. The van der Waals surface area contributed by atoms with E-state index in [1.807, 2.05) is 66.0 Å². The number of rotatable bonds is 8. The molecule has 1 amide bonds. The molecule has 1 atom stereocenters. The van der Waals surface area contributed by atoms with E-state index in [0.717, 1.165) is 37.1 Å². The number of carbonyl (C=O) groups is 2. The summed E-state index contributed by atoms with van der Waals surface area (Å²) in [5.41, 5.74) is 3.58. The minimum absolute atomic E-state index is 0.368. The number of esters is 1. The third kappa shape index (κ3) is 5.29. The molecule has 10 heteroatoms. The molecule has 0 aliphatic carbocycles. The molecule has 0 aliphatic rings. The Bertz CT molecular complexity index is 1910. The SMILES string of the molecule is COc1ccc(-c2csc(NC(=O)C(C)OC(=O)c3cccc4cccc(-c5nc6ccccc6s5)c34)n2)cc1OC. The highest BCUT2D eigenvalue weighted by atomic mass is 32.1. The average Bonchev–Trinajstić information content (AvgIpc) is 3.67. The number of benzene rings is 4. The van der Waals surface area contributed by atoms with Crippen LogP contribution in [0.3, 0.4) is 0 Å². The van der Waals surface area contributed by atoms with Crippen molar-refractivity contribution in [3.63, 3.8) is 0 Å².